The summed E-state index contributed by atoms with van der Waals surface area (Å²) in [4.78, 5) is 15.7. The van der Waals surface area contributed by atoms with Crippen LogP contribution in [0.3, 0.4) is 0 Å². The van der Waals surface area contributed by atoms with Crippen LogP contribution in [0, 0.1) is 0 Å². The van der Waals surface area contributed by atoms with Crippen molar-refractivity contribution in [1.82, 2.24) is 10.3 Å². The number of nitrogens with one attached hydrogen (secondary N) is 1. The van der Waals surface area contributed by atoms with Crippen molar-refractivity contribution in [3.63, 3.8) is 0 Å². The zero-order chi connectivity index (χ0) is 16.2. The summed E-state index contributed by atoms with van der Waals surface area (Å²) in [5, 5.41) is 4.18. The number of nitrogens with zero attached hydrogens (tertiary/aromatic N) is 1. The van der Waals surface area contributed by atoms with E-state index in [1.807, 2.05) is 57.2 Å². The Morgan fingerprint density at radius 3 is 2.82 bits per heavy atom. The Bertz CT molecular complexity index is 705. The summed E-state index contributed by atoms with van der Waals surface area (Å²) in [7, 11) is 0. The topological polar surface area (TPSA) is 51.2 Å². The Morgan fingerprint density at radius 1 is 1.32 bits per heavy atom. The number of rotatable bonds is 3. The molecule has 0 aliphatic heterocycles. The zero-order valence-electron chi connectivity index (χ0n) is 12.9. The van der Waals surface area contributed by atoms with Crippen LogP contribution in [0.5, 0.6) is 0 Å². The highest BCUT2D eigenvalue weighted by molar-refractivity contribution is 6.29. The van der Waals surface area contributed by atoms with Crippen LogP contribution in [0.15, 0.2) is 36.4 Å². The molecule has 1 heterocycles. The van der Waals surface area contributed by atoms with Gasteiger partial charge in [0.2, 0.25) is 0 Å². The molecule has 0 saturated carbocycles. The smallest absolute Gasteiger partial charge is 0.407 e. The van der Waals surface area contributed by atoms with Gasteiger partial charge in [-0.1, -0.05) is 29.8 Å². The molecule has 0 atom stereocenters. The Balaban J connectivity index is 1.93. The molecule has 116 valence electrons. The lowest BCUT2D eigenvalue weighted by atomic mass is 10.1. The average molecular weight is 319 g/mol. The Labute approximate surface area is 135 Å². The molecule has 4 nitrogen and oxygen atoms in total. The second-order valence-electron chi connectivity index (χ2n) is 5.87. The number of hydrogen-bond acceptors (Lipinski definition) is 3. The summed E-state index contributed by atoms with van der Waals surface area (Å²) in [5.41, 5.74) is 1.40. The van der Waals surface area contributed by atoms with E-state index in [2.05, 4.69) is 10.3 Å². The normalized spacial score (nSPS) is 11.8. The van der Waals surface area contributed by atoms with Gasteiger partial charge in [0.15, 0.2) is 0 Å². The molecule has 0 spiro atoms. The molecule has 0 bridgehead atoms. The largest absolute Gasteiger partial charge is 0.444 e. The third-order valence-corrected chi connectivity index (χ3v) is 2.96. The molecular weight excluding hydrogens is 300 g/mol. The number of benzene rings is 1. The number of pyridine rings is 1. The molecule has 0 aliphatic carbocycles. The summed E-state index contributed by atoms with van der Waals surface area (Å²) in [5.74, 6) is 0. The lowest BCUT2D eigenvalue weighted by Gasteiger charge is -2.19. The molecule has 2 rings (SSSR count). The molecule has 2 aromatic rings. The maximum atomic E-state index is 11.5. The SMILES string of the molecule is CC(C)(C)OC(=O)NCC=Cc1ccc2nc(Cl)ccc2c1. The molecule has 22 heavy (non-hydrogen) atoms. The monoisotopic (exact) mass is 318 g/mol. The van der Waals surface area contributed by atoms with E-state index in [1.54, 1.807) is 6.07 Å². The van der Waals surface area contributed by atoms with Crippen molar-refractivity contribution >= 4 is 34.7 Å². The van der Waals surface area contributed by atoms with Crippen molar-refractivity contribution in [3.8, 4) is 0 Å². The van der Waals surface area contributed by atoms with Gasteiger partial charge in [0.05, 0.1) is 5.52 Å². The van der Waals surface area contributed by atoms with E-state index in [0.717, 1.165) is 16.5 Å². The van der Waals surface area contributed by atoms with Gasteiger partial charge in [-0.2, -0.15) is 0 Å². The van der Waals surface area contributed by atoms with Crippen molar-refractivity contribution in [2.75, 3.05) is 6.54 Å². The van der Waals surface area contributed by atoms with E-state index >= 15 is 0 Å². The fraction of sp³-hybridized carbons (Fsp3) is 0.294. The van der Waals surface area contributed by atoms with E-state index in [-0.39, 0.29) is 0 Å². The number of alkyl carbamates (subject to hydrolysis) is 1. The summed E-state index contributed by atoms with van der Waals surface area (Å²) in [6.45, 7) is 5.90. The highest BCUT2D eigenvalue weighted by atomic mass is 35.5. The number of halogens is 1. The predicted molar refractivity (Wildman–Crippen MR) is 90.0 cm³/mol. The van der Waals surface area contributed by atoms with Gasteiger partial charge in [0.1, 0.15) is 10.8 Å². The van der Waals surface area contributed by atoms with Crippen molar-refractivity contribution in [2.45, 2.75) is 26.4 Å². The molecule has 5 heteroatoms. The van der Waals surface area contributed by atoms with Crippen molar-refractivity contribution in [3.05, 3.63) is 47.1 Å². The first-order valence-corrected chi connectivity index (χ1v) is 7.41. The maximum Gasteiger partial charge on any atom is 0.407 e. The molecule has 1 aromatic heterocycles. The Hall–Kier alpha value is -2.07. The van der Waals surface area contributed by atoms with E-state index < -0.39 is 11.7 Å². The first-order valence-electron chi connectivity index (χ1n) is 7.03. The van der Waals surface area contributed by atoms with E-state index in [4.69, 9.17) is 16.3 Å². The van der Waals surface area contributed by atoms with Gasteiger partial charge in [0, 0.05) is 11.9 Å². The number of carbonyl (C=O) groups is 1. The molecular formula is C17H19ClN2O2. The van der Waals surface area contributed by atoms with Crippen molar-refractivity contribution in [1.29, 1.82) is 0 Å². The molecule has 0 radical (unpaired) electrons. The fourth-order valence-corrected chi connectivity index (χ4v) is 2.03. The maximum absolute atomic E-state index is 11.5. The van der Waals surface area contributed by atoms with Crippen LogP contribution in [-0.2, 0) is 4.74 Å². The number of fused-ring (bicyclic) bond motifs is 1. The van der Waals surface area contributed by atoms with Crippen LogP contribution >= 0.6 is 11.6 Å². The highest BCUT2D eigenvalue weighted by Gasteiger charge is 2.14. The Kier molecular flexibility index (Phi) is 5.03. The standard InChI is InChI=1S/C17H19ClN2O2/c1-17(2,3)22-16(21)19-10-4-5-12-6-8-14-13(11-12)7-9-15(18)20-14/h4-9,11H,10H2,1-3H3,(H,19,21). The van der Waals surface area contributed by atoms with E-state index in [9.17, 15) is 4.79 Å². The highest BCUT2D eigenvalue weighted by Crippen LogP contribution is 2.17. The molecule has 1 N–H and O–H groups in total. The average Bonchev–Trinajstić information content (AvgIpc) is 2.41. The molecule has 0 unspecified atom stereocenters. The van der Waals surface area contributed by atoms with Crippen molar-refractivity contribution in [2.24, 2.45) is 0 Å². The third kappa shape index (κ3) is 5.04. The van der Waals surface area contributed by atoms with E-state index in [0.29, 0.717) is 11.7 Å². The summed E-state index contributed by atoms with van der Waals surface area (Å²) in [6.07, 6.45) is 3.38. The van der Waals surface area contributed by atoms with Crippen LogP contribution < -0.4 is 5.32 Å². The number of aromatic nitrogens is 1. The predicted octanol–water partition coefficient (Wildman–Crippen LogP) is 4.43. The first-order chi connectivity index (χ1) is 10.3. The quantitative estimate of drug-likeness (QED) is 0.852. The van der Waals surface area contributed by atoms with Gasteiger partial charge >= 0.3 is 6.09 Å². The number of amides is 1. The number of hydrogen-bond donors (Lipinski definition) is 1. The van der Waals surface area contributed by atoms with Gasteiger partial charge in [-0.05, 0) is 50.6 Å². The zero-order valence-corrected chi connectivity index (χ0v) is 13.6. The minimum absolute atomic E-state index is 0.409. The second-order valence-corrected chi connectivity index (χ2v) is 6.26. The molecule has 0 saturated heterocycles. The second kappa shape index (κ2) is 6.79. The van der Waals surface area contributed by atoms with E-state index in [1.165, 1.54) is 0 Å². The molecule has 0 fully saturated rings. The fourth-order valence-electron chi connectivity index (χ4n) is 1.87. The summed E-state index contributed by atoms with van der Waals surface area (Å²) >= 11 is 5.86. The lowest BCUT2D eigenvalue weighted by Crippen LogP contribution is -2.32. The number of carbonyl (C=O) groups excluding carboxylic acids is 1. The van der Waals surface area contributed by atoms with Crippen molar-refractivity contribution < 1.29 is 9.53 Å². The Morgan fingerprint density at radius 2 is 2.09 bits per heavy atom. The minimum atomic E-state index is -0.486. The third-order valence-electron chi connectivity index (χ3n) is 2.75. The molecule has 0 aliphatic rings. The van der Waals surface area contributed by atoms with Gasteiger partial charge in [-0.15, -0.1) is 0 Å². The first kappa shape index (κ1) is 16.3. The van der Waals surface area contributed by atoms with Crippen LogP contribution in [0.1, 0.15) is 26.3 Å². The van der Waals surface area contributed by atoms with Crippen LogP contribution in [0.4, 0.5) is 4.79 Å². The van der Waals surface area contributed by atoms with Gasteiger partial charge in [-0.25, -0.2) is 9.78 Å². The molecule has 1 amide bonds. The van der Waals surface area contributed by atoms with Crippen LogP contribution in [0.25, 0.3) is 17.0 Å². The summed E-state index contributed by atoms with van der Waals surface area (Å²) in [6, 6.07) is 9.59. The van der Waals surface area contributed by atoms with Crippen LogP contribution in [0.2, 0.25) is 5.15 Å². The summed E-state index contributed by atoms with van der Waals surface area (Å²) < 4.78 is 5.15. The van der Waals surface area contributed by atoms with Crippen LogP contribution in [-0.4, -0.2) is 23.2 Å². The van der Waals surface area contributed by atoms with Gasteiger partial charge in [0.25, 0.3) is 0 Å². The number of ether oxygens (including phenoxy) is 1. The van der Waals surface area contributed by atoms with Gasteiger partial charge < -0.3 is 10.1 Å². The molecule has 1 aromatic carbocycles. The minimum Gasteiger partial charge on any atom is -0.444 e. The lowest BCUT2D eigenvalue weighted by molar-refractivity contribution is 0.0534. The van der Waals surface area contributed by atoms with Gasteiger partial charge in [-0.3, -0.25) is 0 Å².